The maximum Gasteiger partial charge on any atom is -1.00 e. The summed E-state index contributed by atoms with van der Waals surface area (Å²) in [7, 11) is 0. The van der Waals surface area contributed by atoms with E-state index in [4.69, 9.17) is 0 Å². The molecule has 12 heavy (non-hydrogen) atoms. The molecule has 1 aliphatic rings. The Bertz CT molecular complexity index is 185. The van der Waals surface area contributed by atoms with Gasteiger partial charge in [0.05, 0.1) is 0 Å². The number of hydrogen-bond donors (Lipinski definition) is 0. The zero-order valence-corrected chi connectivity index (χ0v) is 10.5. The van der Waals surface area contributed by atoms with Gasteiger partial charge in [-0.1, -0.05) is 0 Å². The van der Waals surface area contributed by atoms with Crippen LogP contribution in [0.5, 0.6) is 0 Å². The van der Waals surface area contributed by atoms with E-state index in [2.05, 4.69) is 46.4 Å². The Balaban J connectivity index is 0. The van der Waals surface area contributed by atoms with Crippen molar-refractivity contribution in [3.8, 4) is 0 Å². The van der Waals surface area contributed by atoms with E-state index < -0.39 is 0 Å². The molecular weight excluding hydrogens is 227 g/mol. The molecule has 0 nitrogen and oxygen atoms in total. The van der Waals surface area contributed by atoms with Gasteiger partial charge in [-0.25, -0.2) is 0 Å². The second-order valence-corrected chi connectivity index (χ2v) is 3.68. The molecule has 0 aromatic rings. The fourth-order valence-electron chi connectivity index (χ4n) is 1.23. The van der Waals surface area contributed by atoms with Crippen LogP contribution in [0.1, 0.15) is 26.7 Å². The third-order valence-corrected chi connectivity index (χ3v) is 3.12. The van der Waals surface area contributed by atoms with Gasteiger partial charge in [0.2, 0.25) is 0 Å². The minimum absolute atomic E-state index is 0. The second kappa shape index (κ2) is 7.20. The smallest absolute Gasteiger partial charge is 1.00 e. The van der Waals surface area contributed by atoms with Crippen molar-refractivity contribution in [2.75, 3.05) is 0 Å². The molecule has 0 spiro atoms. The van der Waals surface area contributed by atoms with Gasteiger partial charge in [-0.15, -0.1) is 0 Å². The average molecular weight is 240 g/mol. The zero-order valence-electron chi connectivity index (χ0n) is 7.40. The molecule has 0 aromatic carbocycles. The summed E-state index contributed by atoms with van der Waals surface area (Å²) in [4.78, 5) is 0. The Hall–Kier alpha value is 0.774. The van der Waals surface area contributed by atoms with E-state index in [0.29, 0.717) is 5.92 Å². The first-order valence-electron chi connectivity index (χ1n) is 3.88. The topological polar surface area (TPSA) is 0 Å². The Kier molecular flexibility index (Phi) is 9.16. The molecule has 0 saturated carbocycles. The van der Waals surface area contributed by atoms with Crippen LogP contribution in [0, 0.1) is 5.92 Å². The molecule has 1 unspecified atom stereocenters. The van der Waals surface area contributed by atoms with Crippen molar-refractivity contribution in [2.45, 2.75) is 26.7 Å². The largest absolute Gasteiger partial charge is 1.00 e. The van der Waals surface area contributed by atoms with Crippen LogP contribution < -0.4 is 24.8 Å². The molecule has 0 aromatic heterocycles. The summed E-state index contributed by atoms with van der Waals surface area (Å²) in [6.45, 7) is 4.49. The van der Waals surface area contributed by atoms with Crippen molar-refractivity contribution in [2.24, 2.45) is 5.92 Å². The Morgan fingerprint density at radius 1 is 1.42 bits per heavy atom. The van der Waals surface area contributed by atoms with Crippen molar-refractivity contribution in [3.05, 3.63) is 21.6 Å². The van der Waals surface area contributed by atoms with Crippen molar-refractivity contribution in [1.29, 1.82) is 0 Å². The molecule has 0 heterocycles. The maximum atomic E-state index is 2.29. The van der Waals surface area contributed by atoms with Gasteiger partial charge in [-0.05, 0) is 0 Å². The van der Waals surface area contributed by atoms with E-state index >= 15 is 0 Å². The molecule has 67 valence electrons. The predicted octanol–water partition coefficient (Wildman–Crippen LogP) is -3.20. The van der Waals surface area contributed by atoms with Crippen LogP contribution >= 0.6 is 0 Å². The molecule has 3 heteroatoms. The van der Waals surface area contributed by atoms with Crippen LogP contribution in [0.25, 0.3) is 0 Å². The summed E-state index contributed by atoms with van der Waals surface area (Å²) < 4.78 is 1.57. The minimum Gasteiger partial charge on any atom is -1.00 e. The molecule has 1 atom stereocenters. The van der Waals surface area contributed by atoms with E-state index in [1.165, 1.54) is 12.8 Å². The van der Waals surface area contributed by atoms with Gasteiger partial charge in [0.25, 0.3) is 0 Å². The van der Waals surface area contributed by atoms with Crippen LogP contribution in [0.4, 0.5) is 0 Å². The standard InChI is InChI=1S/C9H13.2ClH.Ti/c1-3-4-9-6-5-8(2)7-9;;;/h5-6,8H,3-4H2,1-2H3;2*1H;/q;;;+2/p-2. The van der Waals surface area contributed by atoms with E-state index in [9.17, 15) is 0 Å². The summed E-state index contributed by atoms with van der Waals surface area (Å²) in [5, 5.41) is 0. The van der Waals surface area contributed by atoms with Gasteiger partial charge in [-0.3, -0.25) is 0 Å². The summed E-state index contributed by atoms with van der Waals surface area (Å²) in [6, 6.07) is 0. The van der Waals surface area contributed by atoms with Gasteiger partial charge in [0.15, 0.2) is 0 Å². The molecule has 0 radical (unpaired) electrons. The first kappa shape index (κ1) is 15.3. The fourth-order valence-corrected chi connectivity index (χ4v) is 1.70. The number of halogens is 2. The zero-order chi connectivity index (χ0) is 7.56. The van der Waals surface area contributed by atoms with Crippen molar-refractivity contribution in [3.63, 3.8) is 0 Å². The maximum absolute atomic E-state index is 2.29. The molecule has 1 aliphatic carbocycles. The fraction of sp³-hybridized carbons (Fsp3) is 0.556. The third kappa shape index (κ3) is 3.66. The van der Waals surface area contributed by atoms with Crippen LogP contribution in [0.2, 0.25) is 0 Å². The van der Waals surface area contributed by atoms with E-state index in [-0.39, 0.29) is 24.8 Å². The van der Waals surface area contributed by atoms with Crippen molar-refractivity contribution in [1.82, 2.24) is 0 Å². The Morgan fingerprint density at radius 3 is 2.33 bits per heavy atom. The molecule has 0 N–H and O–H groups in total. The molecule has 0 amide bonds. The van der Waals surface area contributed by atoms with Crippen molar-refractivity contribution < 1.29 is 45.2 Å². The number of rotatable bonds is 2. The molecule has 0 aliphatic heterocycles. The van der Waals surface area contributed by atoms with Crippen LogP contribution in [0.15, 0.2) is 21.6 Å². The first-order valence-corrected chi connectivity index (χ1v) is 4.66. The van der Waals surface area contributed by atoms with Gasteiger partial charge < -0.3 is 24.8 Å². The van der Waals surface area contributed by atoms with Crippen LogP contribution in [-0.2, 0) is 20.4 Å². The number of hydrogen-bond acceptors (Lipinski definition) is 0. The van der Waals surface area contributed by atoms with Gasteiger partial charge in [0, 0.05) is 0 Å². The average Bonchev–Trinajstić information content (AvgIpc) is 2.20. The third-order valence-electron chi connectivity index (χ3n) is 1.91. The molecule has 0 saturated heterocycles. The summed E-state index contributed by atoms with van der Waals surface area (Å²) in [5.74, 6) is 0.696. The summed E-state index contributed by atoms with van der Waals surface area (Å²) >= 11 is 2.25. The predicted molar refractivity (Wildman–Crippen MR) is 40.2 cm³/mol. The quantitative estimate of drug-likeness (QED) is 0.446. The molecule has 0 fully saturated rings. The van der Waals surface area contributed by atoms with E-state index in [1.807, 2.05) is 0 Å². The van der Waals surface area contributed by atoms with Gasteiger partial charge in [-0.2, -0.15) is 0 Å². The van der Waals surface area contributed by atoms with Crippen LogP contribution in [-0.4, -0.2) is 0 Å². The van der Waals surface area contributed by atoms with Gasteiger partial charge in [0.1, 0.15) is 0 Å². The molecule has 1 rings (SSSR count). The molecular formula is C9H13Cl2Ti. The van der Waals surface area contributed by atoms with Crippen LogP contribution in [0.3, 0.4) is 0 Å². The molecule has 0 bridgehead atoms. The second-order valence-electron chi connectivity index (χ2n) is 2.84. The number of allylic oxidation sites excluding steroid dienone is 4. The van der Waals surface area contributed by atoms with Gasteiger partial charge >= 0.3 is 74.6 Å². The van der Waals surface area contributed by atoms with E-state index in [0.717, 1.165) is 0 Å². The Labute approximate surface area is 99.1 Å². The van der Waals surface area contributed by atoms with E-state index in [1.54, 1.807) is 9.45 Å². The minimum atomic E-state index is 0. The summed E-state index contributed by atoms with van der Waals surface area (Å²) in [5.41, 5.74) is 1.56. The SMILES string of the molecule is CCCC1=[C]([Ti+2])C(C)C=C1.[Cl-].[Cl-]. The van der Waals surface area contributed by atoms with Crippen molar-refractivity contribution >= 4 is 0 Å². The normalized spacial score (nSPS) is 20.5. The first-order chi connectivity index (χ1) is 4.75. The monoisotopic (exact) mass is 239 g/mol. The summed E-state index contributed by atoms with van der Waals surface area (Å²) in [6.07, 6.45) is 7.10. The Morgan fingerprint density at radius 2 is 2.00 bits per heavy atom.